The van der Waals surface area contributed by atoms with E-state index in [1.54, 1.807) is 12.1 Å². The number of furan rings is 1. The highest BCUT2D eigenvalue weighted by Gasteiger charge is 2.13. The highest BCUT2D eigenvalue weighted by atomic mass is 79.9. The lowest BCUT2D eigenvalue weighted by Gasteiger charge is -2.21. The van der Waals surface area contributed by atoms with E-state index in [1.165, 1.54) is 32.1 Å². The first kappa shape index (κ1) is 17.1. The Morgan fingerprint density at radius 1 is 1.12 bits per heavy atom. The maximum Gasteiger partial charge on any atom is 0.291 e. The molecule has 5 heteroatoms. The molecule has 2 aromatic rings. The molecule has 3 rings (SSSR count). The van der Waals surface area contributed by atoms with E-state index in [1.807, 2.05) is 24.3 Å². The first-order valence-corrected chi connectivity index (χ1v) is 9.29. The Labute approximate surface area is 150 Å². The van der Waals surface area contributed by atoms with Crippen molar-refractivity contribution in [3.63, 3.8) is 0 Å². The number of rotatable bonds is 6. The number of hydrogen-bond acceptors (Lipinski definition) is 3. The van der Waals surface area contributed by atoms with Crippen LogP contribution in [0.1, 0.15) is 49.1 Å². The zero-order chi connectivity index (χ0) is 16.8. The van der Waals surface area contributed by atoms with E-state index in [-0.39, 0.29) is 11.7 Å². The van der Waals surface area contributed by atoms with Gasteiger partial charge in [0.05, 0.1) is 6.61 Å². The van der Waals surface area contributed by atoms with Crippen LogP contribution in [0.25, 0.3) is 0 Å². The third-order valence-electron chi connectivity index (χ3n) is 4.43. The summed E-state index contributed by atoms with van der Waals surface area (Å²) >= 11 is 3.18. The maximum absolute atomic E-state index is 12.0. The molecule has 1 aliphatic carbocycles. The monoisotopic (exact) mass is 391 g/mol. The number of nitrogens with one attached hydrogen (secondary N) is 1. The van der Waals surface area contributed by atoms with Gasteiger partial charge < -0.3 is 14.5 Å². The van der Waals surface area contributed by atoms with Crippen molar-refractivity contribution >= 4 is 27.5 Å². The van der Waals surface area contributed by atoms with Gasteiger partial charge >= 0.3 is 0 Å². The van der Waals surface area contributed by atoms with Gasteiger partial charge in [0.2, 0.25) is 0 Å². The van der Waals surface area contributed by atoms with Crippen LogP contribution in [0.5, 0.6) is 5.75 Å². The lowest BCUT2D eigenvalue weighted by atomic mass is 9.87. The van der Waals surface area contributed by atoms with Gasteiger partial charge in [0, 0.05) is 5.69 Å². The molecular formula is C19H22BrNO3. The fourth-order valence-corrected chi connectivity index (χ4v) is 3.39. The molecule has 1 saturated carbocycles. The van der Waals surface area contributed by atoms with Crippen LogP contribution in [-0.4, -0.2) is 12.5 Å². The summed E-state index contributed by atoms with van der Waals surface area (Å²) in [6.07, 6.45) is 7.94. The zero-order valence-corrected chi connectivity index (χ0v) is 15.2. The number of hydrogen-bond donors (Lipinski definition) is 1. The van der Waals surface area contributed by atoms with E-state index in [4.69, 9.17) is 9.15 Å². The summed E-state index contributed by atoms with van der Waals surface area (Å²) in [7, 11) is 0. The second-order valence-electron chi connectivity index (χ2n) is 6.22. The third-order valence-corrected chi connectivity index (χ3v) is 4.85. The van der Waals surface area contributed by atoms with Crippen LogP contribution in [0.2, 0.25) is 0 Å². The first-order valence-electron chi connectivity index (χ1n) is 8.50. The topological polar surface area (TPSA) is 51.5 Å². The lowest BCUT2D eigenvalue weighted by molar-refractivity contribution is 0.0995. The predicted octanol–water partition coefficient (Wildman–Crippen LogP) is 5.64. The Balaban J connectivity index is 1.45. The normalized spacial score (nSPS) is 15.2. The molecule has 24 heavy (non-hydrogen) atoms. The van der Waals surface area contributed by atoms with Crippen molar-refractivity contribution in [1.82, 2.24) is 0 Å². The summed E-state index contributed by atoms with van der Waals surface area (Å²) in [5.41, 5.74) is 0.715. The van der Waals surface area contributed by atoms with Gasteiger partial charge in [-0.3, -0.25) is 4.79 Å². The van der Waals surface area contributed by atoms with Crippen molar-refractivity contribution in [2.45, 2.75) is 38.5 Å². The van der Waals surface area contributed by atoms with Crippen molar-refractivity contribution in [3.05, 3.63) is 46.8 Å². The molecule has 0 radical (unpaired) electrons. The van der Waals surface area contributed by atoms with Crippen LogP contribution in [0, 0.1) is 5.92 Å². The molecule has 1 aliphatic rings. The minimum absolute atomic E-state index is 0.272. The molecule has 0 saturated heterocycles. The largest absolute Gasteiger partial charge is 0.494 e. The van der Waals surface area contributed by atoms with Gasteiger partial charge in [-0.25, -0.2) is 0 Å². The van der Waals surface area contributed by atoms with E-state index in [2.05, 4.69) is 21.2 Å². The third kappa shape index (κ3) is 4.87. The molecule has 1 heterocycles. The Morgan fingerprint density at radius 3 is 2.54 bits per heavy atom. The lowest BCUT2D eigenvalue weighted by Crippen LogP contribution is -2.11. The summed E-state index contributed by atoms with van der Waals surface area (Å²) in [6.45, 7) is 0.761. The maximum atomic E-state index is 12.0. The fraction of sp³-hybridized carbons (Fsp3) is 0.421. The number of ether oxygens (including phenoxy) is 1. The van der Waals surface area contributed by atoms with Crippen molar-refractivity contribution in [3.8, 4) is 5.75 Å². The average molecular weight is 392 g/mol. The number of anilines is 1. The predicted molar refractivity (Wildman–Crippen MR) is 97.5 cm³/mol. The van der Waals surface area contributed by atoms with Crippen LogP contribution in [0.15, 0.2) is 45.5 Å². The van der Waals surface area contributed by atoms with Crippen LogP contribution in [0.4, 0.5) is 5.69 Å². The van der Waals surface area contributed by atoms with E-state index in [9.17, 15) is 4.79 Å². The molecule has 1 aromatic carbocycles. The minimum Gasteiger partial charge on any atom is -0.494 e. The molecule has 1 fully saturated rings. The van der Waals surface area contributed by atoms with E-state index < -0.39 is 0 Å². The van der Waals surface area contributed by atoms with Crippen molar-refractivity contribution in [1.29, 1.82) is 0 Å². The quantitative estimate of drug-likeness (QED) is 0.692. The van der Waals surface area contributed by atoms with Gasteiger partial charge in [-0.05, 0) is 64.7 Å². The molecule has 0 bridgehead atoms. The molecule has 0 aliphatic heterocycles. The number of carbonyl (C=O) groups excluding carboxylic acids is 1. The molecule has 0 atom stereocenters. The summed E-state index contributed by atoms with van der Waals surface area (Å²) in [5, 5.41) is 2.80. The van der Waals surface area contributed by atoms with Gasteiger partial charge in [0.25, 0.3) is 5.91 Å². The van der Waals surface area contributed by atoms with Gasteiger partial charge in [0.15, 0.2) is 10.4 Å². The van der Waals surface area contributed by atoms with Crippen molar-refractivity contribution < 1.29 is 13.9 Å². The van der Waals surface area contributed by atoms with E-state index in [0.717, 1.165) is 24.7 Å². The van der Waals surface area contributed by atoms with Crippen LogP contribution >= 0.6 is 15.9 Å². The number of carbonyl (C=O) groups is 1. The smallest absolute Gasteiger partial charge is 0.291 e. The van der Waals surface area contributed by atoms with Gasteiger partial charge in [-0.1, -0.05) is 32.1 Å². The fourth-order valence-electron chi connectivity index (χ4n) is 3.08. The van der Waals surface area contributed by atoms with Crippen molar-refractivity contribution in [2.75, 3.05) is 11.9 Å². The van der Waals surface area contributed by atoms with Crippen molar-refractivity contribution in [2.24, 2.45) is 5.92 Å². The molecule has 0 spiro atoms. The molecule has 4 nitrogen and oxygen atoms in total. The molecule has 1 aromatic heterocycles. The van der Waals surface area contributed by atoms with Crippen LogP contribution in [0.3, 0.4) is 0 Å². The van der Waals surface area contributed by atoms with Gasteiger partial charge in [-0.2, -0.15) is 0 Å². The Bertz CT molecular complexity index is 660. The molecule has 0 unspecified atom stereocenters. The second kappa shape index (κ2) is 8.38. The summed E-state index contributed by atoms with van der Waals surface area (Å²) in [4.78, 5) is 12.0. The highest BCUT2D eigenvalue weighted by molar-refractivity contribution is 9.10. The molecule has 128 valence electrons. The average Bonchev–Trinajstić information content (AvgIpc) is 3.04. The molecule has 1 amide bonds. The zero-order valence-electron chi connectivity index (χ0n) is 13.6. The standard InChI is InChI=1S/C19H22BrNO3/c20-18-11-10-17(24-18)19(22)21-15-6-8-16(9-7-15)23-13-12-14-4-2-1-3-5-14/h6-11,14H,1-5,12-13H2,(H,21,22). The molecule has 1 N–H and O–H groups in total. The molecular weight excluding hydrogens is 370 g/mol. The Morgan fingerprint density at radius 2 is 1.88 bits per heavy atom. The Kier molecular flexibility index (Phi) is 5.96. The summed E-state index contributed by atoms with van der Waals surface area (Å²) < 4.78 is 11.6. The van der Waals surface area contributed by atoms with E-state index >= 15 is 0 Å². The SMILES string of the molecule is O=C(Nc1ccc(OCCC2CCCCC2)cc1)c1ccc(Br)o1. The highest BCUT2D eigenvalue weighted by Crippen LogP contribution is 2.26. The second-order valence-corrected chi connectivity index (χ2v) is 7.01. The number of amides is 1. The van der Waals surface area contributed by atoms with E-state index in [0.29, 0.717) is 10.4 Å². The van der Waals surface area contributed by atoms with Gasteiger partial charge in [0.1, 0.15) is 5.75 Å². The summed E-state index contributed by atoms with van der Waals surface area (Å²) in [6, 6.07) is 10.8. The minimum atomic E-state index is -0.272. The number of halogens is 1. The van der Waals surface area contributed by atoms with Crippen LogP contribution in [-0.2, 0) is 0 Å². The first-order chi connectivity index (χ1) is 11.7. The summed E-state index contributed by atoms with van der Waals surface area (Å²) in [5.74, 6) is 1.66. The van der Waals surface area contributed by atoms with Crippen LogP contribution < -0.4 is 10.1 Å². The Hall–Kier alpha value is -1.75. The number of benzene rings is 1. The van der Waals surface area contributed by atoms with Gasteiger partial charge in [-0.15, -0.1) is 0 Å².